The summed E-state index contributed by atoms with van der Waals surface area (Å²) in [6, 6.07) is 15.8. The van der Waals surface area contributed by atoms with E-state index in [4.69, 9.17) is 25.5 Å². The average molecular weight is 547 g/mol. The van der Waals surface area contributed by atoms with Gasteiger partial charge in [0.2, 0.25) is 5.43 Å². The zero-order valence-electron chi connectivity index (χ0n) is 21.9. The van der Waals surface area contributed by atoms with Crippen LogP contribution in [-0.4, -0.2) is 17.7 Å². The van der Waals surface area contributed by atoms with Crippen LogP contribution in [0.15, 0.2) is 70.1 Å². The van der Waals surface area contributed by atoms with Gasteiger partial charge in [-0.2, -0.15) is 0 Å². The van der Waals surface area contributed by atoms with Crippen molar-refractivity contribution >= 4 is 28.5 Å². The largest absolute Gasteiger partial charge is 0.507 e. The number of hydrogen-bond donors (Lipinski definition) is 1. The number of carbonyl (C=O) groups excluding carboxylic acids is 1. The fourth-order valence-electron chi connectivity index (χ4n) is 5.11. The SMILES string of the molecule is CCCCCCCCOc1ccc(C2CC(=O)Oc3cc(O)c4c(=O)c(-c5ccc(Cl)cc5)coc4c32)cc1. The number of esters is 1. The predicted molar refractivity (Wildman–Crippen MR) is 152 cm³/mol. The number of carbonyl (C=O) groups is 1. The number of hydrogen-bond acceptors (Lipinski definition) is 6. The molecular weight excluding hydrogens is 516 g/mol. The molecule has 0 saturated carbocycles. The Labute approximate surface area is 232 Å². The molecule has 7 heteroatoms. The molecule has 1 unspecified atom stereocenters. The molecule has 0 saturated heterocycles. The number of unbranched alkanes of at least 4 members (excludes halogenated alkanes) is 5. The summed E-state index contributed by atoms with van der Waals surface area (Å²) < 4.78 is 17.4. The second-order valence-electron chi connectivity index (χ2n) is 9.91. The standard InChI is InChI=1S/C32H31ClO6/c1-2-3-4-5-6-7-16-37-23-14-10-20(11-15-23)24-17-28(35)39-27-18-26(34)30-31(36)25(19-38-32(30)29(24)27)21-8-12-22(33)13-9-21/h8-15,18-19,24,34H,2-7,16-17H2,1H3. The van der Waals surface area contributed by atoms with Gasteiger partial charge in [-0.1, -0.05) is 74.9 Å². The summed E-state index contributed by atoms with van der Waals surface area (Å²) in [5, 5.41) is 11.4. The van der Waals surface area contributed by atoms with Crippen LogP contribution in [0, 0.1) is 0 Å². The lowest BCUT2D eigenvalue weighted by Crippen LogP contribution is -2.22. The van der Waals surface area contributed by atoms with Crippen LogP contribution in [0.2, 0.25) is 5.02 Å². The highest BCUT2D eigenvalue weighted by molar-refractivity contribution is 6.30. The van der Waals surface area contributed by atoms with Crippen LogP contribution in [-0.2, 0) is 4.79 Å². The summed E-state index contributed by atoms with van der Waals surface area (Å²) in [6.07, 6.45) is 8.64. The summed E-state index contributed by atoms with van der Waals surface area (Å²) in [4.78, 5) is 26.0. The Morgan fingerprint density at radius 1 is 0.974 bits per heavy atom. The molecule has 1 aliphatic heterocycles. The lowest BCUT2D eigenvalue weighted by atomic mass is 9.85. The number of benzene rings is 3. The third kappa shape index (κ3) is 5.81. The van der Waals surface area contributed by atoms with Crippen molar-refractivity contribution < 1.29 is 23.8 Å². The minimum Gasteiger partial charge on any atom is -0.507 e. The molecule has 3 aromatic carbocycles. The Kier molecular flexibility index (Phi) is 8.22. The van der Waals surface area contributed by atoms with Crippen LogP contribution in [0.4, 0.5) is 0 Å². The van der Waals surface area contributed by atoms with E-state index in [1.165, 1.54) is 38.0 Å². The van der Waals surface area contributed by atoms with E-state index in [9.17, 15) is 14.7 Å². The van der Waals surface area contributed by atoms with E-state index in [1.54, 1.807) is 24.3 Å². The molecule has 6 nitrogen and oxygen atoms in total. The van der Waals surface area contributed by atoms with E-state index >= 15 is 0 Å². The summed E-state index contributed by atoms with van der Waals surface area (Å²) in [7, 11) is 0. The molecule has 1 atom stereocenters. The Hall–Kier alpha value is -3.77. The number of fused-ring (bicyclic) bond motifs is 3. The first-order chi connectivity index (χ1) is 19.0. The van der Waals surface area contributed by atoms with E-state index in [1.807, 2.05) is 24.3 Å². The van der Waals surface area contributed by atoms with Gasteiger partial charge in [0.15, 0.2) is 0 Å². The van der Waals surface area contributed by atoms with Gasteiger partial charge in [0, 0.05) is 22.6 Å². The quantitative estimate of drug-likeness (QED) is 0.123. The summed E-state index contributed by atoms with van der Waals surface area (Å²) in [5.74, 6) is -0.191. The number of aromatic hydroxyl groups is 1. The second-order valence-corrected chi connectivity index (χ2v) is 10.3. The minimum absolute atomic E-state index is 0.0445. The van der Waals surface area contributed by atoms with Crippen LogP contribution in [0.1, 0.15) is 68.9 Å². The van der Waals surface area contributed by atoms with Crippen LogP contribution in [0.5, 0.6) is 17.2 Å². The first-order valence-electron chi connectivity index (χ1n) is 13.5. The highest BCUT2D eigenvalue weighted by Gasteiger charge is 2.33. The molecule has 0 radical (unpaired) electrons. The lowest BCUT2D eigenvalue weighted by molar-refractivity contribution is -0.135. The van der Waals surface area contributed by atoms with E-state index in [0.717, 1.165) is 24.2 Å². The molecule has 0 bridgehead atoms. The van der Waals surface area contributed by atoms with Gasteiger partial charge in [0.1, 0.15) is 34.5 Å². The number of phenolic OH excluding ortho intramolecular Hbond substituents is 1. The van der Waals surface area contributed by atoms with Crippen LogP contribution >= 0.6 is 11.6 Å². The molecule has 2 heterocycles. The summed E-state index contributed by atoms with van der Waals surface area (Å²) >= 11 is 6.00. The first-order valence-corrected chi connectivity index (χ1v) is 13.8. The van der Waals surface area contributed by atoms with Gasteiger partial charge in [0.05, 0.1) is 18.6 Å². The van der Waals surface area contributed by atoms with Gasteiger partial charge in [-0.3, -0.25) is 9.59 Å². The molecule has 202 valence electrons. The topological polar surface area (TPSA) is 86.0 Å². The van der Waals surface area contributed by atoms with Crippen LogP contribution in [0.3, 0.4) is 0 Å². The van der Waals surface area contributed by atoms with Crippen molar-refractivity contribution in [3.63, 3.8) is 0 Å². The lowest BCUT2D eigenvalue weighted by Gasteiger charge is -2.26. The van der Waals surface area contributed by atoms with Crippen LogP contribution in [0.25, 0.3) is 22.1 Å². The van der Waals surface area contributed by atoms with Gasteiger partial charge < -0.3 is 19.0 Å². The molecule has 5 rings (SSSR count). The number of halogens is 1. The molecule has 39 heavy (non-hydrogen) atoms. The highest BCUT2D eigenvalue weighted by Crippen LogP contribution is 2.45. The van der Waals surface area contributed by atoms with E-state index < -0.39 is 11.9 Å². The third-order valence-electron chi connectivity index (χ3n) is 7.17. The summed E-state index contributed by atoms with van der Waals surface area (Å²) in [6.45, 7) is 2.87. The molecule has 0 aliphatic carbocycles. The van der Waals surface area contributed by atoms with Crippen molar-refractivity contribution in [1.82, 2.24) is 0 Å². The van der Waals surface area contributed by atoms with Gasteiger partial charge in [-0.15, -0.1) is 0 Å². The zero-order valence-corrected chi connectivity index (χ0v) is 22.6. The van der Waals surface area contributed by atoms with Crippen molar-refractivity contribution in [3.8, 4) is 28.4 Å². The molecule has 0 amide bonds. The maximum absolute atomic E-state index is 13.5. The first kappa shape index (κ1) is 26.8. The maximum atomic E-state index is 13.5. The Balaban J connectivity index is 1.43. The van der Waals surface area contributed by atoms with Crippen molar-refractivity contribution in [2.75, 3.05) is 6.61 Å². The average Bonchev–Trinajstić information content (AvgIpc) is 2.93. The highest BCUT2D eigenvalue weighted by atomic mass is 35.5. The normalized spacial score (nSPS) is 14.7. The zero-order chi connectivity index (χ0) is 27.4. The Bertz CT molecular complexity index is 1520. The van der Waals surface area contributed by atoms with Gasteiger partial charge >= 0.3 is 5.97 Å². The van der Waals surface area contributed by atoms with Crippen molar-refractivity contribution in [3.05, 3.63) is 87.2 Å². The number of phenols is 1. The Morgan fingerprint density at radius 3 is 2.44 bits per heavy atom. The molecule has 1 aliphatic rings. The van der Waals surface area contributed by atoms with Crippen molar-refractivity contribution in [1.29, 1.82) is 0 Å². The van der Waals surface area contributed by atoms with Crippen molar-refractivity contribution in [2.24, 2.45) is 0 Å². The fraction of sp³-hybridized carbons (Fsp3) is 0.312. The molecule has 1 N–H and O–H groups in total. The predicted octanol–water partition coefficient (Wildman–Crippen LogP) is 8.00. The van der Waals surface area contributed by atoms with Crippen molar-refractivity contribution in [2.45, 2.75) is 57.8 Å². The van der Waals surface area contributed by atoms with Crippen LogP contribution < -0.4 is 14.9 Å². The monoisotopic (exact) mass is 546 g/mol. The maximum Gasteiger partial charge on any atom is 0.312 e. The van der Waals surface area contributed by atoms with Gasteiger partial charge in [-0.25, -0.2) is 0 Å². The van der Waals surface area contributed by atoms with E-state index in [-0.39, 0.29) is 34.3 Å². The molecular formula is C32H31ClO6. The summed E-state index contributed by atoms with van der Waals surface area (Å²) in [5.41, 5.74) is 2.15. The fourth-order valence-corrected chi connectivity index (χ4v) is 5.24. The minimum atomic E-state index is -0.421. The van der Waals surface area contributed by atoms with Gasteiger partial charge in [-0.05, 0) is 41.8 Å². The molecule has 1 aromatic heterocycles. The van der Waals surface area contributed by atoms with E-state index in [2.05, 4.69) is 6.92 Å². The molecule has 0 fully saturated rings. The van der Waals surface area contributed by atoms with E-state index in [0.29, 0.717) is 28.3 Å². The molecule has 4 aromatic rings. The molecule has 0 spiro atoms. The second kappa shape index (κ2) is 12.0. The van der Waals surface area contributed by atoms with Gasteiger partial charge in [0.25, 0.3) is 0 Å². The number of ether oxygens (including phenoxy) is 2. The third-order valence-corrected chi connectivity index (χ3v) is 7.43. The Morgan fingerprint density at radius 2 is 1.69 bits per heavy atom. The number of rotatable bonds is 10. The smallest absolute Gasteiger partial charge is 0.312 e.